The van der Waals surface area contributed by atoms with Crippen LogP contribution in [0.4, 0.5) is 0 Å². The van der Waals surface area contributed by atoms with Gasteiger partial charge in [0, 0.05) is 19.1 Å². The minimum absolute atomic E-state index is 0. The van der Waals surface area contributed by atoms with Crippen LogP contribution in [-0.4, -0.2) is 30.3 Å². The molecule has 22 heavy (non-hydrogen) atoms. The van der Waals surface area contributed by atoms with E-state index < -0.39 is 6.10 Å². The molecule has 2 atom stereocenters. The molecule has 0 aromatic heterocycles. The molecule has 0 aliphatic heterocycles. The lowest BCUT2D eigenvalue weighted by Gasteiger charge is -2.23. The molecular formula is C17H30ClN3O. The van der Waals surface area contributed by atoms with Crippen LogP contribution in [0.1, 0.15) is 37.7 Å². The molecule has 1 aliphatic carbocycles. The lowest BCUT2D eigenvalue weighted by atomic mass is 9.89. The molecule has 2 rings (SSSR count). The maximum Gasteiger partial charge on any atom is 0.0832 e. The molecule has 1 aromatic rings. The van der Waals surface area contributed by atoms with Crippen LogP contribution in [0.15, 0.2) is 30.3 Å². The Bertz CT molecular complexity index is 385. The molecule has 1 fully saturated rings. The molecule has 4 nitrogen and oxygen atoms in total. The first-order valence-electron chi connectivity index (χ1n) is 8.19. The number of aliphatic hydroxyl groups is 1. The summed E-state index contributed by atoms with van der Waals surface area (Å²) in [6.07, 6.45) is 6.91. The zero-order valence-corrected chi connectivity index (χ0v) is 14.0. The lowest BCUT2D eigenvalue weighted by Crippen LogP contribution is -2.47. The van der Waals surface area contributed by atoms with Crippen molar-refractivity contribution in [3.63, 3.8) is 0 Å². The van der Waals surface area contributed by atoms with Crippen LogP contribution < -0.4 is 16.6 Å². The molecule has 1 aliphatic rings. The van der Waals surface area contributed by atoms with E-state index in [1.54, 1.807) is 0 Å². The van der Waals surface area contributed by atoms with E-state index in [2.05, 4.69) is 10.9 Å². The second-order valence-corrected chi connectivity index (χ2v) is 6.19. The maximum atomic E-state index is 10.1. The summed E-state index contributed by atoms with van der Waals surface area (Å²) in [5.41, 5.74) is 13.6. The van der Waals surface area contributed by atoms with Gasteiger partial charge in [0.05, 0.1) is 6.10 Å². The smallest absolute Gasteiger partial charge is 0.0832 e. The highest BCUT2D eigenvalue weighted by molar-refractivity contribution is 5.85. The number of nitrogens with one attached hydrogen (secondary N) is 2. The Labute approximate surface area is 140 Å². The molecule has 0 bridgehead atoms. The summed E-state index contributed by atoms with van der Waals surface area (Å²) in [5.74, 6) is 0.779. The van der Waals surface area contributed by atoms with Gasteiger partial charge < -0.3 is 10.8 Å². The van der Waals surface area contributed by atoms with Crippen molar-refractivity contribution in [3.05, 3.63) is 35.9 Å². The van der Waals surface area contributed by atoms with Crippen LogP contribution in [0.5, 0.6) is 0 Å². The average molecular weight is 328 g/mol. The number of nitrogens with two attached hydrogens (primary N) is 1. The molecule has 0 amide bonds. The monoisotopic (exact) mass is 327 g/mol. The summed E-state index contributed by atoms with van der Waals surface area (Å²) in [4.78, 5) is 0. The van der Waals surface area contributed by atoms with E-state index in [1.165, 1.54) is 37.7 Å². The van der Waals surface area contributed by atoms with Gasteiger partial charge in [-0.2, -0.15) is 0 Å². The summed E-state index contributed by atoms with van der Waals surface area (Å²) < 4.78 is 0. The summed E-state index contributed by atoms with van der Waals surface area (Å²) in [7, 11) is 0. The van der Waals surface area contributed by atoms with Gasteiger partial charge >= 0.3 is 0 Å². The zero-order valence-electron chi connectivity index (χ0n) is 13.2. The third kappa shape index (κ3) is 7.07. The first kappa shape index (κ1) is 19.4. The predicted molar refractivity (Wildman–Crippen MR) is 94.0 cm³/mol. The number of halogens is 1. The van der Waals surface area contributed by atoms with Crippen molar-refractivity contribution in [1.82, 2.24) is 10.9 Å². The fourth-order valence-corrected chi connectivity index (χ4v) is 2.96. The van der Waals surface area contributed by atoms with Gasteiger partial charge in [-0.3, -0.25) is 10.9 Å². The highest BCUT2D eigenvalue weighted by Crippen LogP contribution is 2.22. The van der Waals surface area contributed by atoms with Gasteiger partial charge in [0.15, 0.2) is 0 Å². The minimum Gasteiger partial charge on any atom is -0.390 e. The third-order valence-corrected chi connectivity index (χ3v) is 4.36. The summed E-state index contributed by atoms with van der Waals surface area (Å²) >= 11 is 0. The van der Waals surface area contributed by atoms with Crippen molar-refractivity contribution in [2.45, 2.75) is 50.7 Å². The van der Waals surface area contributed by atoms with Gasteiger partial charge in [-0.1, -0.05) is 49.6 Å². The first-order chi connectivity index (χ1) is 10.3. The number of aliphatic hydroxyl groups excluding tert-OH is 1. The maximum absolute atomic E-state index is 10.1. The molecule has 5 N–H and O–H groups in total. The third-order valence-electron chi connectivity index (χ3n) is 4.36. The SMILES string of the molecule is Cl.NC(Cc1ccccc1)C(O)CNNCC1CCCCC1. The van der Waals surface area contributed by atoms with Crippen LogP contribution in [0.3, 0.4) is 0 Å². The molecule has 0 saturated heterocycles. The highest BCUT2D eigenvalue weighted by Gasteiger charge is 2.16. The standard InChI is InChI=1S/C17H29N3O.ClH/c18-16(11-14-7-3-1-4-8-14)17(21)13-20-19-12-15-9-5-2-6-10-15;/h1,3-4,7-8,15-17,19-21H,2,5-6,9-13,18H2;1H. The van der Waals surface area contributed by atoms with Gasteiger partial charge in [-0.05, 0) is 30.7 Å². The Morgan fingerprint density at radius 1 is 1.09 bits per heavy atom. The molecule has 126 valence electrons. The van der Waals surface area contributed by atoms with Gasteiger partial charge in [0.25, 0.3) is 0 Å². The van der Waals surface area contributed by atoms with Gasteiger partial charge in [-0.15, -0.1) is 12.4 Å². The second kappa shape index (κ2) is 11.0. The minimum atomic E-state index is -0.538. The average Bonchev–Trinajstić information content (AvgIpc) is 2.53. The molecule has 1 aromatic carbocycles. The summed E-state index contributed by atoms with van der Waals surface area (Å²) in [6, 6.07) is 9.83. The van der Waals surface area contributed by atoms with E-state index in [0.717, 1.165) is 12.5 Å². The molecule has 5 heteroatoms. The Morgan fingerprint density at radius 2 is 1.77 bits per heavy atom. The fourth-order valence-electron chi connectivity index (χ4n) is 2.96. The topological polar surface area (TPSA) is 70.3 Å². The second-order valence-electron chi connectivity index (χ2n) is 6.19. The van der Waals surface area contributed by atoms with Crippen LogP contribution in [0.2, 0.25) is 0 Å². The molecular weight excluding hydrogens is 298 g/mol. The van der Waals surface area contributed by atoms with Crippen molar-refractivity contribution >= 4 is 12.4 Å². The van der Waals surface area contributed by atoms with E-state index in [1.807, 2.05) is 30.3 Å². The van der Waals surface area contributed by atoms with E-state index in [9.17, 15) is 5.11 Å². The molecule has 0 spiro atoms. The highest BCUT2D eigenvalue weighted by atomic mass is 35.5. The first-order valence-corrected chi connectivity index (χ1v) is 8.19. The zero-order chi connectivity index (χ0) is 14.9. The quantitative estimate of drug-likeness (QED) is 0.435. The van der Waals surface area contributed by atoms with Gasteiger partial charge in [-0.25, -0.2) is 0 Å². The Morgan fingerprint density at radius 3 is 2.45 bits per heavy atom. The van der Waals surface area contributed by atoms with E-state index in [-0.39, 0.29) is 18.4 Å². The van der Waals surface area contributed by atoms with Crippen molar-refractivity contribution < 1.29 is 5.11 Å². The number of hydrogen-bond donors (Lipinski definition) is 4. The number of hydrogen-bond acceptors (Lipinski definition) is 4. The largest absolute Gasteiger partial charge is 0.390 e. The predicted octanol–water partition coefficient (Wildman–Crippen LogP) is 2.01. The lowest BCUT2D eigenvalue weighted by molar-refractivity contribution is 0.135. The molecule has 0 radical (unpaired) electrons. The molecule has 0 heterocycles. The van der Waals surface area contributed by atoms with E-state index in [4.69, 9.17) is 5.73 Å². The Hall–Kier alpha value is -0.650. The summed E-state index contributed by atoms with van der Waals surface area (Å²) in [6.45, 7) is 1.47. The Balaban J connectivity index is 0.00000242. The van der Waals surface area contributed by atoms with Crippen molar-refractivity contribution in [2.75, 3.05) is 13.1 Å². The van der Waals surface area contributed by atoms with Crippen LogP contribution in [-0.2, 0) is 6.42 Å². The molecule has 2 unspecified atom stereocenters. The van der Waals surface area contributed by atoms with Crippen LogP contribution in [0.25, 0.3) is 0 Å². The van der Waals surface area contributed by atoms with Gasteiger partial charge in [0.2, 0.25) is 0 Å². The summed E-state index contributed by atoms with van der Waals surface area (Å²) in [5, 5.41) is 10.1. The van der Waals surface area contributed by atoms with Crippen LogP contribution >= 0.6 is 12.4 Å². The van der Waals surface area contributed by atoms with Crippen molar-refractivity contribution in [1.29, 1.82) is 0 Å². The van der Waals surface area contributed by atoms with Crippen molar-refractivity contribution in [3.8, 4) is 0 Å². The number of rotatable bonds is 8. The number of hydrazine groups is 1. The van der Waals surface area contributed by atoms with E-state index in [0.29, 0.717) is 13.0 Å². The number of benzene rings is 1. The van der Waals surface area contributed by atoms with Crippen LogP contribution in [0, 0.1) is 5.92 Å². The fraction of sp³-hybridized carbons (Fsp3) is 0.647. The van der Waals surface area contributed by atoms with E-state index >= 15 is 0 Å². The van der Waals surface area contributed by atoms with Gasteiger partial charge in [0.1, 0.15) is 0 Å². The normalized spacial score (nSPS) is 18.5. The Kier molecular flexibility index (Phi) is 9.68. The molecule has 1 saturated carbocycles. The van der Waals surface area contributed by atoms with Crippen molar-refractivity contribution in [2.24, 2.45) is 11.7 Å².